The standard InChI is InChI=1S/C19H12F3NO5/c1-25-11-2-4-12(5-3-11)27-17-16(24)14-7-6-13(26-9-8-23)10-15(14)28-18(17)19(20,21)22/h2-7,10H,9H2,1H3. The van der Waals surface area contributed by atoms with Gasteiger partial charge in [-0.1, -0.05) is 0 Å². The zero-order chi connectivity index (χ0) is 20.3. The van der Waals surface area contributed by atoms with Crippen molar-refractivity contribution in [3.05, 3.63) is 58.4 Å². The van der Waals surface area contributed by atoms with E-state index in [1.807, 2.05) is 0 Å². The van der Waals surface area contributed by atoms with Crippen LogP contribution in [-0.2, 0) is 6.18 Å². The Labute approximate surface area is 156 Å². The van der Waals surface area contributed by atoms with Crippen molar-refractivity contribution in [2.75, 3.05) is 13.7 Å². The van der Waals surface area contributed by atoms with Gasteiger partial charge < -0.3 is 18.6 Å². The van der Waals surface area contributed by atoms with Gasteiger partial charge in [-0.25, -0.2) is 0 Å². The normalized spacial score (nSPS) is 11.1. The van der Waals surface area contributed by atoms with E-state index in [1.54, 1.807) is 6.07 Å². The first kappa shape index (κ1) is 19.1. The monoisotopic (exact) mass is 391 g/mol. The number of hydrogen-bond acceptors (Lipinski definition) is 6. The van der Waals surface area contributed by atoms with Crippen molar-refractivity contribution in [2.24, 2.45) is 0 Å². The molecule has 0 fully saturated rings. The highest BCUT2D eigenvalue weighted by Gasteiger charge is 2.40. The first-order valence-corrected chi connectivity index (χ1v) is 7.83. The Morgan fingerprint density at radius 1 is 1.07 bits per heavy atom. The second-order valence-electron chi connectivity index (χ2n) is 5.47. The van der Waals surface area contributed by atoms with Gasteiger partial charge >= 0.3 is 6.18 Å². The summed E-state index contributed by atoms with van der Waals surface area (Å²) >= 11 is 0. The van der Waals surface area contributed by atoms with Crippen LogP contribution in [0.3, 0.4) is 0 Å². The molecule has 0 saturated carbocycles. The van der Waals surface area contributed by atoms with E-state index in [0.717, 1.165) is 6.07 Å². The van der Waals surface area contributed by atoms with Gasteiger partial charge in [0.2, 0.25) is 11.2 Å². The van der Waals surface area contributed by atoms with E-state index in [9.17, 15) is 18.0 Å². The van der Waals surface area contributed by atoms with Crippen molar-refractivity contribution in [3.63, 3.8) is 0 Å². The minimum Gasteiger partial charge on any atom is -0.497 e. The van der Waals surface area contributed by atoms with Gasteiger partial charge in [0.05, 0.1) is 12.5 Å². The number of nitrogens with zero attached hydrogens (tertiary/aromatic N) is 1. The first-order chi connectivity index (χ1) is 13.3. The zero-order valence-corrected chi connectivity index (χ0v) is 14.4. The Morgan fingerprint density at radius 2 is 1.71 bits per heavy atom. The number of benzene rings is 2. The molecule has 9 heteroatoms. The molecular formula is C19H12F3NO5. The lowest BCUT2D eigenvalue weighted by Crippen LogP contribution is -2.15. The van der Waals surface area contributed by atoms with Gasteiger partial charge in [0.25, 0.3) is 5.76 Å². The quantitative estimate of drug-likeness (QED) is 0.636. The lowest BCUT2D eigenvalue weighted by molar-refractivity contribution is -0.154. The third-order valence-corrected chi connectivity index (χ3v) is 3.66. The van der Waals surface area contributed by atoms with Crippen molar-refractivity contribution in [1.29, 1.82) is 5.26 Å². The summed E-state index contributed by atoms with van der Waals surface area (Å²) in [6, 6.07) is 11.1. The Balaban J connectivity index is 2.13. The number of alkyl halides is 3. The van der Waals surface area contributed by atoms with Crippen molar-refractivity contribution in [1.82, 2.24) is 0 Å². The number of ether oxygens (including phenoxy) is 3. The molecule has 0 unspecified atom stereocenters. The van der Waals surface area contributed by atoms with E-state index >= 15 is 0 Å². The van der Waals surface area contributed by atoms with E-state index in [-0.39, 0.29) is 29.1 Å². The third kappa shape index (κ3) is 3.86. The average Bonchev–Trinajstić information content (AvgIpc) is 2.68. The molecule has 0 aliphatic carbocycles. The molecule has 0 atom stereocenters. The lowest BCUT2D eigenvalue weighted by Gasteiger charge is -2.13. The van der Waals surface area contributed by atoms with Crippen LogP contribution < -0.4 is 19.6 Å². The third-order valence-electron chi connectivity index (χ3n) is 3.66. The maximum Gasteiger partial charge on any atom is 0.453 e. The fraction of sp³-hybridized carbons (Fsp3) is 0.158. The molecule has 0 bridgehead atoms. The van der Waals surface area contributed by atoms with Crippen LogP contribution in [0.25, 0.3) is 11.0 Å². The zero-order valence-electron chi connectivity index (χ0n) is 14.4. The molecule has 0 aliphatic rings. The lowest BCUT2D eigenvalue weighted by atomic mass is 10.2. The summed E-state index contributed by atoms with van der Waals surface area (Å²) in [5, 5.41) is 8.40. The fourth-order valence-electron chi connectivity index (χ4n) is 2.40. The van der Waals surface area contributed by atoms with Crippen LogP contribution in [0.1, 0.15) is 5.76 Å². The van der Waals surface area contributed by atoms with E-state index < -0.39 is 23.1 Å². The van der Waals surface area contributed by atoms with Gasteiger partial charge in [-0.05, 0) is 36.4 Å². The maximum absolute atomic E-state index is 13.5. The van der Waals surface area contributed by atoms with Gasteiger partial charge in [0.15, 0.2) is 6.61 Å². The Hall–Kier alpha value is -3.67. The molecule has 0 N–H and O–H groups in total. The SMILES string of the molecule is COc1ccc(Oc2c(C(F)(F)F)oc3cc(OCC#N)ccc3c2=O)cc1. The van der Waals surface area contributed by atoms with Crippen molar-refractivity contribution in [3.8, 4) is 29.1 Å². The summed E-state index contributed by atoms with van der Waals surface area (Å²) in [5.74, 6) is -1.98. The molecule has 1 aromatic heterocycles. The molecule has 3 rings (SSSR count). The van der Waals surface area contributed by atoms with Gasteiger partial charge in [0.1, 0.15) is 28.9 Å². The summed E-state index contributed by atoms with van der Waals surface area (Å²) < 4.78 is 60.6. The van der Waals surface area contributed by atoms with Crippen LogP contribution in [0, 0.1) is 11.3 Å². The van der Waals surface area contributed by atoms with Crippen LogP contribution in [0.5, 0.6) is 23.0 Å². The number of rotatable bonds is 5. The van der Waals surface area contributed by atoms with Crippen molar-refractivity contribution >= 4 is 11.0 Å². The summed E-state index contributed by atoms with van der Waals surface area (Å²) in [6.07, 6.45) is -4.97. The Morgan fingerprint density at radius 3 is 2.32 bits per heavy atom. The van der Waals surface area contributed by atoms with Crippen LogP contribution in [0.15, 0.2) is 51.7 Å². The van der Waals surface area contributed by atoms with Crippen LogP contribution in [-0.4, -0.2) is 13.7 Å². The molecule has 6 nitrogen and oxygen atoms in total. The second-order valence-corrected chi connectivity index (χ2v) is 5.47. The van der Waals surface area contributed by atoms with Gasteiger partial charge in [-0.15, -0.1) is 0 Å². The fourth-order valence-corrected chi connectivity index (χ4v) is 2.40. The highest BCUT2D eigenvalue weighted by Crippen LogP contribution is 2.38. The van der Waals surface area contributed by atoms with Crippen LogP contribution in [0.2, 0.25) is 0 Å². The van der Waals surface area contributed by atoms with Crippen molar-refractivity contribution < 1.29 is 31.8 Å². The molecule has 0 aliphatic heterocycles. The van der Waals surface area contributed by atoms with Gasteiger partial charge in [0, 0.05) is 6.07 Å². The predicted octanol–water partition coefficient (Wildman–Crippen LogP) is 4.52. The second kappa shape index (κ2) is 7.52. The molecule has 2 aromatic carbocycles. The Kier molecular flexibility index (Phi) is 5.13. The molecule has 0 amide bonds. The van der Waals surface area contributed by atoms with E-state index in [1.165, 1.54) is 43.5 Å². The van der Waals surface area contributed by atoms with E-state index in [0.29, 0.717) is 5.75 Å². The molecule has 28 heavy (non-hydrogen) atoms. The van der Waals surface area contributed by atoms with Crippen molar-refractivity contribution in [2.45, 2.75) is 6.18 Å². The number of halogens is 3. The average molecular weight is 391 g/mol. The molecular weight excluding hydrogens is 379 g/mol. The maximum atomic E-state index is 13.5. The highest BCUT2D eigenvalue weighted by atomic mass is 19.4. The molecule has 0 saturated heterocycles. The van der Waals surface area contributed by atoms with E-state index in [4.69, 9.17) is 23.9 Å². The minimum atomic E-state index is -4.97. The summed E-state index contributed by atoms with van der Waals surface area (Å²) in [6.45, 7) is -0.305. The minimum absolute atomic E-state index is 0.00641. The molecule has 3 aromatic rings. The van der Waals surface area contributed by atoms with E-state index in [2.05, 4.69) is 0 Å². The molecule has 1 heterocycles. The highest BCUT2D eigenvalue weighted by molar-refractivity contribution is 5.79. The topological polar surface area (TPSA) is 81.7 Å². The number of nitriles is 1. The molecule has 0 radical (unpaired) electrons. The Bertz CT molecular complexity index is 1100. The number of methoxy groups -OCH3 is 1. The number of hydrogen-bond donors (Lipinski definition) is 0. The van der Waals surface area contributed by atoms with Gasteiger partial charge in [-0.2, -0.15) is 18.4 Å². The predicted molar refractivity (Wildman–Crippen MR) is 91.7 cm³/mol. The summed E-state index contributed by atoms with van der Waals surface area (Å²) in [7, 11) is 1.43. The molecule has 144 valence electrons. The molecule has 0 spiro atoms. The van der Waals surface area contributed by atoms with Crippen LogP contribution in [0.4, 0.5) is 13.2 Å². The summed E-state index contributed by atoms with van der Waals surface area (Å²) in [4.78, 5) is 12.6. The van der Waals surface area contributed by atoms with Gasteiger partial charge in [-0.3, -0.25) is 4.79 Å². The largest absolute Gasteiger partial charge is 0.497 e. The first-order valence-electron chi connectivity index (χ1n) is 7.83. The number of fused-ring (bicyclic) bond motifs is 1. The summed E-state index contributed by atoms with van der Waals surface area (Å²) in [5.41, 5.74) is -1.33. The smallest absolute Gasteiger partial charge is 0.453 e. The van der Waals surface area contributed by atoms with Crippen LogP contribution >= 0.6 is 0 Å².